The van der Waals surface area contributed by atoms with E-state index in [1.807, 2.05) is 6.07 Å². The van der Waals surface area contributed by atoms with Crippen LogP contribution in [0.5, 0.6) is 5.75 Å². The van der Waals surface area contributed by atoms with E-state index >= 15 is 0 Å². The van der Waals surface area contributed by atoms with Crippen LogP contribution in [0.15, 0.2) is 18.2 Å². The largest absolute Gasteiger partial charge is 0.494 e. The number of nitrogens with two attached hydrogens (primary N) is 2. The first-order valence-electron chi connectivity index (χ1n) is 6.24. The van der Waals surface area contributed by atoms with E-state index in [4.69, 9.17) is 16.2 Å². The SMILES string of the molecule is Nc1ccc(OCCC2CCNCC2)cc1N. The Balaban J connectivity index is 1.75. The molecule has 1 fully saturated rings. The van der Waals surface area contributed by atoms with Crippen molar-refractivity contribution < 1.29 is 4.74 Å². The molecule has 1 aliphatic heterocycles. The molecule has 0 aliphatic carbocycles. The second-order valence-electron chi connectivity index (χ2n) is 4.62. The molecule has 0 saturated carbocycles. The highest BCUT2D eigenvalue weighted by molar-refractivity contribution is 5.65. The van der Waals surface area contributed by atoms with Gasteiger partial charge >= 0.3 is 0 Å². The number of benzene rings is 1. The number of nitrogen functional groups attached to an aromatic ring is 2. The van der Waals surface area contributed by atoms with Crippen molar-refractivity contribution in [3.8, 4) is 5.75 Å². The van der Waals surface area contributed by atoms with Gasteiger partial charge in [0.25, 0.3) is 0 Å². The van der Waals surface area contributed by atoms with Crippen molar-refractivity contribution in [1.29, 1.82) is 0 Å². The van der Waals surface area contributed by atoms with E-state index in [9.17, 15) is 0 Å². The minimum atomic E-state index is 0.587. The molecular weight excluding hydrogens is 214 g/mol. The Hall–Kier alpha value is -1.42. The van der Waals surface area contributed by atoms with E-state index in [-0.39, 0.29) is 0 Å². The fourth-order valence-electron chi connectivity index (χ4n) is 2.16. The Labute approximate surface area is 102 Å². The van der Waals surface area contributed by atoms with Crippen LogP contribution in [0.4, 0.5) is 11.4 Å². The zero-order valence-electron chi connectivity index (χ0n) is 10.1. The maximum Gasteiger partial charge on any atom is 0.121 e. The highest BCUT2D eigenvalue weighted by Gasteiger charge is 2.12. The van der Waals surface area contributed by atoms with Gasteiger partial charge in [-0.25, -0.2) is 0 Å². The summed E-state index contributed by atoms with van der Waals surface area (Å²) in [7, 11) is 0. The zero-order chi connectivity index (χ0) is 12.1. The quantitative estimate of drug-likeness (QED) is 0.693. The van der Waals surface area contributed by atoms with E-state index in [2.05, 4.69) is 5.32 Å². The summed E-state index contributed by atoms with van der Waals surface area (Å²) in [5.41, 5.74) is 12.6. The van der Waals surface area contributed by atoms with Crippen LogP contribution < -0.4 is 21.5 Å². The third kappa shape index (κ3) is 3.53. The summed E-state index contributed by atoms with van der Waals surface area (Å²) >= 11 is 0. The molecule has 0 atom stereocenters. The van der Waals surface area contributed by atoms with Crippen LogP contribution in [-0.2, 0) is 0 Å². The molecule has 4 heteroatoms. The molecule has 5 N–H and O–H groups in total. The molecule has 0 amide bonds. The number of anilines is 2. The molecule has 17 heavy (non-hydrogen) atoms. The van der Waals surface area contributed by atoms with Crippen molar-refractivity contribution in [3.63, 3.8) is 0 Å². The van der Waals surface area contributed by atoms with Crippen LogP contribution in [0.3, 0.4) is 0 Å². The molecular formula is C13H21N3O. The highest BCUT2D eigenvalue weighted by Crippen LogP contribution is 2.22. The Morgan fingerprint density at radius 1 is 1.18 bits per heavy atom. The normalized spacial score (nSPS) is 16.9. The van der Waals surface area contributed by atoms with Gasteiger partial charge in [-0.15, -0.1) is 0 Å². The van der Waals surface area contributed by atoms with Crippen molar-refractivity contribution in [2.24, 2.45) is 5.92 Å². The summed E-state index contributed by atoms with van der Waals surface area (Å²) in [6, 6.07) is 5.45. The average Bonchev–Trinajstić information content (AvgIpc) is 2.35. The van der Waals surface area contributed by atoms with Gasteiger partial charge in [-0.3, -0.25) is 0 Å². The molecule has 0 spiro atoms. The van der Waals surface area contributed by atoms with Gasteiger partial charge in [0, 0.05) is 6.07 Å². The van der Waals surface area contributed by atoms with Crippen LogP contribution in [0.2, 0.25) is 0 Å². The predicted molar refractivity (Wildman–Crippen MR) is 71.0 cm³/mol. The summed E-state index contributed by atoms with van der Waals surface area (Å²) in [5.74, 6) is 1.60. The number of piperidine rings is 1. The first-order chi connectivity index (χ1) is 8.25. The van der Waals surface area contributed by atoms with Crippen LogP contribution in [0, 0.1) is 5.92 Å². The highest BCUT2D eigenvalue weighted by atomic mass is 16.5. The van der Waals surface area contributed by atoms with Gasteiger partial charge in [0.05, 0.1) is 18.0 Å². The van der Waals surface area contributed by atoms with Crippen molar-refractivity contribution >= 4 is 11.4 Å². The third-order valence-corrected chi connectivity index (χ3v) is 3.31. The van der Waals surface area contributed by atoms with E-state index < -0.39 is 0 Å². The number of hydrogen-bond donors (Lipinski definition) is 3. The Bertz CT molecular complexity index is 362. The van der Waals surface area contributed by atoms with Crippen molar-refractivity contribution in [2.75, 3.05) is 31.2 Å². The monoisotopic (exact) mass is 235 g/mol. The molecule has 1 aromatic rings. The van der Waals surface area contributed by atoms with Crippen molar-refractivity contribution in [3.05, 3.63) is 18.2 Å². The molecule has 1 saturated heterocycles. The molecule has 0 aromatic heterocycles. The Morgan fingerprint density at radius 2 is 1.94 bits per heavy atom. The van der Waals surface area contributed by atoms with E-state index in [0.717, 1.165) is 37.8 Å². The molecule has 1 aliphatic rings. The van der Waals surface area contributed by atoms with Gasteiger partial charge in [-0.1, -0.05) is 0 Å². The van der Waals surface area contributed by atoms with Crippen molar-refractivity contribution in [1.82, 2.24) is 5.32 Å². The van der Waals surface area contributed by atoms with Crippen LogP contribution in [0.1, 0.15) is 19.3 Å². The summed E-state index contributed by atoms with van der Waals surface area (Å²) in [4.78, 5) is 0. The number of ether oxygens (including phenoxy) is 1. The maximum atomic E-state index is 5.72. The standard InChI is InChI=1S/C13H21N3O/c14-12-2-1-11(9-13(12)15)17-8-5-10-3-6-16-7-4-10/h1-2,9-10,16H,3-8,14-15H2. The van der Waals surface area contributed by atoms with Gasteiger partial charge in [0.2, 0.25) is 0 Å². The second kappa shape index (κ2) is 5.77. The molecule has 1 aromatic carbocycles. The first-order valence-corrected chi connectivity index (χ1v) is 6.24. The summed E-state index contributed by atoms with van der Waals surface area (Å²) in [6.45, 7) is 3.03. The summed E-state index contributed by atoms with van der Waals surface area (Å²) in [6.07, 6.45) is 3.63. The van der Waals surface area contributed by atoms with Gasteiger partial charge in [0.1, 0.15) is 5.75 Å². The van der Waals surface area contributed by atoms with Gasteiger partial charge < -0.3 is 21.5 Å². The molecule has 0 bridgehead atoms. The second-order valence-corrected chi connectivity index (χ2v) is 4.62. The van der Waals surface area contributed by atoms with Crippen LogP contribution in [-0.4, -0.2) is 19.7 Å². The van der Waals surface area contributed by atoms with E-state index in [0.29, 0.717) is 11.4 Å². The van der Waals surface area contributed by atoms with Crippen LogP contribution >= 0.6 is 0 Å². The molecule has 0 unspecified atom stereocenters. The average molecular weight is 235 g/mol. The smallest absolute Gasteiger partial charge is 0.121 e. The fraction of sp³-hybridized carbons (Fsp3) is 0.538. The lowest BCUT2D eigenvalue weighted by Gasteiger charge is -2.22. The summed E-state index contributed by atoms with van der Waals surface area (Å²) < 4.78 is 5.69. The molecule has 1 heterocycles. The third-order valence-electron chi connectivity index (χ3n) is 3.31. The number of rotatable bonds is 4. The first kappa shape index (κ1) is 12.0. The maximum absolute atomic E-state index is 5.72. The molecule has 4 nitrogen and oxygen atoms in total. The zero-order valence-corrected chi connectivity index (χ0v) is 10.1. The Kier molecular flexibility index (Phi) is 4.09. The lowest BCUT2D eigenvalue weighted by molar-refractivity contribution is 0.252. The summed E-state index contributed by atoms with van der Waals surface area (Å²) in [5, 5.41) is 3.37. The molecule has 2 rings (SSSR count). The lowest BCUT2D eigenvalue weighted by atomic mass is 9.95. The predicted octanol–water partition coefficient (Wildman–Crippen LogP) is 1.62. The van der Waals surface area contributed by atoms with Gasteiger partial charge in [-0.2, -0.15) is 0 Å². The topological polar surface area (TPSA) is 73.3 Å². The van der Waals surface area contributed by atoms with E-state index in [1.54, 1.807) is 12.1 Å². The minimum Gasteiger partial charge on any atom is -0.494 e. The molecule has 0 radical (unpaired) electrons. The number of nitrogens with one attached hydrogen (secondary N) is 1. The van der Waals surface area contributed by atoms with Gasteiger partial charge in [0.15, 0.2) is 0 Å². The molecule has 94 valence electrons. The number of hydrogen-bond acceptors (Lipinski definition) is 4. The Morgan fingerprint density at radius 3 is 2.65 bits per heavy atom. The van der Waals surface area contributed by atoms with Crippen molar-refractivity contribution in [2.45, 2.75) is 19.3 Å². The fourth-order valence-corrected chi connectivity index (χ4v) is 2.16. The van der Waals surface area contributed by atoms with Gasteiger partial charge in [-0.05, 0) is 50.4 Å². The van der Waals surface area contributed by atoms with Crippen LogP contribution in [0.25, 0.3) is 0 Å². The minimum absolute atomic E-state index is 0.587. The lowest BCUT2D eigenvalue weighted by Crippen LogP contribution is -2.28. The van der Waals surface area contributed by atoms with E-state index in [1.165, 1.54) is 12.8 Å².